The van der Waals surface area contributed by atoms with E-state index in [4.69, 9.17) is 4.74 Å². The van der Waals surface area contributed by atoms with Crippen LogP contribution in [-0.4, -0.2) is 16.2 Å². The van der Waals surface area contributed by atoms with E-state index in [1.807, 2.05) is 0 Å². The van der Waals surface area contributed by atoms with E-state index in [1.165, 1.54) is 30.3 Å². The van der Waals surface area contributed by atoms with Crippen molar-refractivity contribution in [1.29, 1.82) is 0 Å². The molecule has 0 N–H and O–H groups in total. The van der Waals surface area contributed by atoms with Gasteiger partial charge in [0.25, 0.3) is 0 Å². The normalized spacial score (nSPS) is 10.1. The topological polar surface area (TPSA) is 60.4 Å². The Morgan fingerprint density at radius 1 is 1.04 bits per heavy atom. The maximum absolute atomic E-state index is 14.1. The fourth-order valence-corrected chi connectivity index (χ4v) is 3.07. The number of ether oxygens (including phenoxy) is 1. The van der Waals surface area contributed by atoms with Crippen molar-refractivity contribution in [2.75, 3.05) is 0 Å². The standard InChI is InChI=1S/C20H15FO4S2/c1-4-18(22)26-14-7-5-13(6-8-14)19(23)25-17-10-9-15(11-16(17)21)27-20(24)12(2)3/h4-11H,1-2H2,3H3. The molecule has 0 radical (unpaired) electrons. The third kappa shape index (κ3) is 5.94. The molecule has 7 heteroatoms. The minimum absolute atomic E-state index is 0.209. The van der Waals surface area contributed by atoms with Gasteiger partial charge >= 0.3 is 5.97 Å². The first-order valence-corrected chi connectivity index (χ1v) is 9.27. The molecule has 0 amide bonds. The lowest BCUT2D eigenvalue weighted by atomic mass is 10.2. The molecular formula is C20H15FO4S2. The van der Waals surface area contributed by atoms with Gasteiger partial charge in [-0.1, -0.05) is 13.2 Å². The van der Waals surface area contributed by atoms with Crippen LogP contribution < -0.4 is 4.74 Å². The smallest absolute Gasteiger partial charge is 0.343 e. The highest BCUT2D eigenvalue weighted by Gasteiger charge is 2.14. The molecule has 0 aromatic heterocycles. The maximum atomic E-state index is 14.1. The molecule has 138 valence electrons. The quantitative estimate of drug-likeness (QED) is 0.292. The molecule has 0 spiro atoms. The van der Waals surface area contributed by atoms with E-state index in [0.717, 1.165) is 29.6 Å². The molecule has 0 aliphatic carbocycles. The van der Waals surface area contributed by atoms with Gasteiger partial charge in [-0.15, -0.1) is 0 Å². The average molecular weight is 402 g/mol. The number of carbonyl (C=O) groups excluding carboxylic acids is 3. The van der Waals surface area contributed by atoms with Gasteiger partial charge in [0, 0.05) is 9.79 Å². The molecule has 27 heavy (non-hydrogen) atoms. The Kier molecular flexibility index (Phi) is 7.15. The van der Waals surface area contributed by atoms with Crippen molar-refractivity contribution in [2.24, 2.45) is 0 Å². The molecule has 0 unspecified atom stereocenters. The Balaban J connectivity index is 2.06. The van der Waals surface area contributed by atoms with Crippen LogP contribution >= 0.6 is 23.5 Å². The van der Waals surface area contributed by atoms with Gasteiger partial charge in [0.2, 0.25) is 10.2 Å². The Morgan fingerprint density at radius 2 is 1.67 bits per heavy atom. The highest BCUT2D eigenvalue weighted by molar-refractivity contribution is 8.14. The van der Waals surface area contributed by atoms with Crippen LogP contribution in [0.25, 0.3) is 0 Å². The van der Waals surface area contributed by atoms with Crippen molar-refractivity contribution in [3.05, 3.63) is 78.7 Å². The minimum atomic E-state index is -0.758. The summed E-state index contributed by atoms with van der Waals surface area (Å²) in [4.78, 5) is 36.1. The van der Waals surface area contributed by atoms with Gasteiger partial charge < -0.3 is 4.74 Å². The summed E-state index contributed by atoms with van der Waals surface area (Å²) in [7, 11) is 0. The van der Waals surface area contributed by atoms with Crippen molar-refractivity contribution >= 4 is 39.7 Å². The van der Waals surface area contributed by atoms with Gasteiger partial charge in [-0.05, 0) is 84.6 Å². The SMILES string of the molecule is C=CC(=O)Sc1ccc(C(=O)Oc2ccc(SC(=O)C(=C)C)cc2F)cc1. The van der Waals surface area contributed by atoms with E-state index < -0.39 is 11.8 Å². The van der Waals surface area contributed by atoms with E-state index in [2.05, 4.69) is 13.2 Å². The fourth-order valence-electron chi connectivity index (χ4n) is 1.80. The molecule has 0 bridgehead atoms. The lowest BCUT2D eigenvalue weighted by Gasteiger charge is -2.07. The van der Waals surface area contributed by atoms with E-state index in [0.29, 0.717) is 15.4 Å². The summed E-state index contributed by atoms with van der Waals surface area (Å²) in [6, 6.07) is 10.0. The van der Waals surface area contributed by atoms with Crippen LogP contribution in [0.3, 0.4) is 0 Å². The number of rotatable bonds is 6. The van der Waals surface area contributed by atoms with Crippen LogP contribution in [0.4, 0.5) is 4.39 Å². The van der Waals surface area contributed by atoms with Crippen molar-refractivity contribution in [3.8, 4) is 5.75 Å². The molecule has 0 atom stereocenters. The largest absolute Gasteiger partial charge is 0.420 e. The van der Waals surface area contributed by atoms with E-state index in [-0.39, 0.29) is 21.5 Å². The summed E-state index contributed by atoms with van der Waals surface area (Å²) in [5, 5.41) is -0.484. The zero-order valence-corrected chi connectivity index (χ0v) is 16.0. The van der Waals surface area contributed by atoms with Crippen molar-refractivity contribution in [3.63, 3.8) is 0 Å². The number of hydrogen-bond donors (Lipinski definition) is 0. The third-order valence-corrected chi connectivity index (χ3v) is 5.04. The monoisotopic (exact) mass is 402 g/mol. The Morgan fingerprint density at radius 3 is 2.22 bits per heavy atom. The Labute approximate surface area is 164 Å². The molecule has 0 heterocycles. The van der Waals surface area contributed by atoms with Gasteiger partial charge in [0.05, 0.1) is 5.56 Å². The molecule has 0 fully saturated rings. The van der Waals surface area contributed by atoms with Crippen molar-refractivity contribution in [1.82, 2.24) is 0 Å². The second-order valence-corrected chi connectivity index (χ2v) is 7.43. The van der Waals surface area contributed by atoms with Gasteiger partial charge in [-0.25, -0.2) is 9.18 Å². The van der Waals surface area contributed by atoms with Crippen LogP contribution in [0.5, 0.6) is 5.75 Å². The fraction of sp³-hybridized carbons (Fsp3) is 0.0500. The summed E-state index contributed by atoms with van der Waals surface area (Å²) >= 11 is 1.82. The summed E-state index contributed by atoms with van der Waals surface area (Å²) in [5.74, 6) is -1.74. The molecule has 0 saturated heterocycles. The first kappa shape index (κ1) is 20.7. The third-order valence-electron chi connectivity index (χ3n) is 3.14. The molecule has 0 aliphatic rings. The summed E-state index contributed by atoms with van der Waals surface area (Å²) in [6.07, 6.45) is 1.20. The number of benzene rings is 2. The molecule has 0 aliphatic heterocycles. The molecular weight excluding hydrogens is 387 g/mol. The zero-order chi connectivity index (χ0) is 20.0. The summed E-state index contributed by atoms with van der Waals surface area (Å²) in [5.41, 5.74) is 0.563. The Hall–Kier alpha value is -2.64. The second kappa shape index (κ2) is 9.34. The highest BCUT2D eigenvalue weighted by atomic mass is 32.2. The Bertz CT molecular complexity index is 920. The van der Waals surface area contributed by atoms with Crippen molar-refractivity contribution < 1.29 is 23.5 Å². The van der Waals surface area contributed by atoms with Gasteiger partial charge in [-0.3, -0.25) is 9.59 Å². The molecule has 0 saturated carbocycles. The first-order chi connectivity index (χ1) is 12.8. The highest BCUT2D eigenvalue weighted by Crippen LogP contribution is 2.27. The number of halogens is 1. The van der Waals surface area contributed by atoms with Crippen LogP contribution in [0, 0.1) is 5.82 Å². The van der Waals surface area contributed by atoms with Gasteiger partial charge in [0.1, 0.15) is 0 Å². The summed E-state index contributed by atoms with van der Waals surface area (Å²) < 4.78 is 19.2. The van der Waals surface area contributed by atoms with E-state index in [9.17, 15) is 18.8 Å². The van der Waals surface area contributed by atoms with Crippen molar-refractivity contribution in [2.45, 2.75) is 16.7 Å². The average Bonchev–Trinajstić information content (AvgIpc) is 2.64. The molecule has 2 aromatic rings. The lowest BCUT2D eigenvalue weighted by molar-refractivity contribution is -0.108. The second-order valence-electron chi connectivity index (χ2n) is 5.30. The van der Waals surface area contributed by atoms with Crippen LogP contribution in [0.2, 0.25) is 0 Å². The van der Waals surface area contributed by atoms with E-state index in [1.54, 1.807) is 19.1 Å². The minimum Gasteiger partial charge on any atom is -0.420 e. The molecule has 2 rings (SSSR count). The van der Waals surface area contributed by atoms with Crippen LogP contribution in [0.1, 0.15) is 17.3 Å². The maximum Gasteiger partial charge on any atom is 0.343 e. The summed E-state index contributed by atoms with van der Waals surface area (Å²) in [6.45, 7) is 8.48. The molecule has 4 nitrogen and oxygen atoms in total. The predicted molar refractivity (Wildman–Crippen MR) is 105 cm³/mol. The first-order valence-electron chi connectivity index (χ1n) is 7.64. The molecule has 2 aromatic carbocycles. The zero-order valence-electron chi connectivity index (χ0n) is 14.4. The lowest BCUT2D eigenvalue weighted by Crippen LogP contribution is -2.09. The number of thioether (sulfide) groups is 2. The van der Waals surface area contributed by atoms with E-state index >= 15 is 0 Å². The number of esters is 1. The van der Waals surface area contributed by atoms with Crippen LogP contribution in [0.15, 0.2) is 77.1 Å². The van der Waals surface area contributed by atoms with Gasteiger partial charge in [0.15, 0.2) is 11.6 Å². The van der Waals surface area contributed by atoms with Gasteiger partial charge in [-0.2, -0.15) is 0 Å². The predicted octanol–water partition coefficient (Wildman–Crippen LogP) is 5.04. The van der Waals surface area contributed by atoms with Crippen LogP contribution in [-0.2, 0) is 9.59 Å². The number of hydrogen-bond acceptors (Lipinski definition) is 6. The number of carbonyl (C=O) groups is 3.